The summed E-state index contributed by atoms with van der Waals surface area (Å²) in [5, 5.41) is 0.764. The van der Waals surface area contributed by atoms with Crippen molar-refractivity contribution in [1.29, 1.82) is 0 Å². The van der Waals surface area contributed by atoms with E-state index in [0.717, 1.165) is 16.6 Å². The Hall–Kier alpha value is -2.17. The molecule has 1 aromatic heterocycles. The molecular formula is C17H19FN2O2. The lowest BCUT2D eigenvalue weighted by Crippen LogP contribution is -2.40. The number of aromatic nitrogens is 1. The van der Waals surface area contributed by atoms with Crippen LogP contribution in [0.25, 0.3) is 10.9 Å². The Labute approximate surface area is 128 Å². The summed E-state index contributed by atoms with van der Waals surface area (Å²) in [6.45, 7) is 3.00. The lowest BCUT2D eigenvalue weighted by atomic mass is 9.95. The molecule has 3 rings (SSSR count). The smallest absolute Gasteiger partial charge is 0.338 e. The summed E-state index contributed by atoms with van der Waals surface area (Å²) in [6.07, 6.45) is 2.63. The number of halogens is 1. The Balaban J connectivity index is 1.97. The Morgan fingerprint density at radius 2 is 2.05 bits per heavy atom. The van der Waals surface area contributed by atoms with Crippen molar-refractivity contribution in [2.24, 2.45) is 0 Å². The average Bonchev–Trinajstić information content (AvgIpc) is 2.53. The number of benzene rings is 1. The number of nitrogens with zero attached hydrogens (tertiary/aromatic N) is 2. The number of piperidine rings is 1. The maximum atomic E-state index is 13.9. The van der Waals surface area contributed by atoms with Gasteiger partial charge in [-0.05, 0) is 44.0 Å². The lowest BCUT2D eigenvalue weighted by molar-refractivity contribution is 0.0603. The lowest BCUT2D eigenvalue weighted by Gasteiger charge is -2.35. The highest BCUT2D eigenvalue weighted by atomic mass is 19.1. The minimum atomic E-state index is -1.08. The second-order valence-electron chi connectivity index (χ2n) is 5.95. The second kappa shape index (κ2) is 5.55. The first-order chi connectivity index (χ1) is 10.5. The van der Waals surface area contributed by atoms with Crippen LogP contribution in [0.1, 0.15) is 30.1 Å². The maximum absolute atomic E-state index is 13.9. The van der Waals surface area contributed by atoms with Crippen LogP contribution in [0.3, 0.4) is 0 Å². The predicted octanol–water partition coefficient (Wildman–Crippen LogP) is 3.35. The highest BCUT2D eigenvalue weighted by molar-refractivity contribution is 6.04. The van der Waals surface area contributed by atoms with Crippen molar-refractivity contribution < 1.29 is 13.9 Å². The molecule has 0 radical (unpaired) electrons. The Morgan fingerprint density at radius 3 is 2.73 bits per heavy atom. The molecule has 0 saturated carbocycles. The molecule has 0 bridgehead atoms. The monoisotopic (exact) mass is 302 g/mol. The van der Waals surface area contributed by atoms with Gasteiger partial charge in [0, 0.05) is 30.4 Å². The zero-order valence-corrected chi connectivity index (χ0v) is 12.8. The van der Waals surface area contributed by atoms with Crippen molar-refractivity contribution in [3.05, 3.63) is 36.0 Å². The summed E-state index contributed by atoms with van der Waals surface area (Å²) in [5.41, 5.74) is 1.16. The molecule has 0 amide bonds. The molecule has 0 unspecified atom stereocenters. The first-order valence-electron chi connectivity index (χ1n) is 7.41. The fraction of sp³-hybridized carbons (Fsp3) is 0.412. The summed E-state index contributed by atoms with van der Waals surface area (Å²) in [4.78, 5) is 18.3. The molecule has 1 aliphatic heterocycles. The highest BCUT2D eigenvalue weighted by Gasteiger charge is 2.29. The van der Waals surface area contributed by atoms with Gasteiger partial charge in [-0.25, -0.2) is 9.18 Å². The minimum absolute atomic E-state index is 0.375. The molecule has 1 fully saturated rings. The van der Waals surface area contributed by atoms with E-state index in [2.05, 4.69) is 9.88 Å². The third-order valence-electron chi connectivity index (χ3n) is 4.30. The average molecular weight is 302 g/mol. The number of methoxy groups -OCH3 is 1. The van der Waals surface area contributed by atoms with Crippen LogP contribution in [0.15, 0.2) is 30.5 Å². The number of alkyl halides is 1. The number of ether oxygens (including phenoxy) is 1. The molecule has 0 N–H and O–H groups in total. The molecule has 5 heteroatoms. The quantitative estimate of drug-likeness (QED) is 0.798. The number of hydrogen-bond donors (Lipinski definition) is 0. The van der Waals surface area contributed by atoms with Crippen molar-refractivity contribution in [3.63, 3.8) is 0 Å². The minimum Gasteiger partial charge on any atom is -0.465 e. The van der Waals surface area contributed by atoms with Gasteiger partial charge in [-0.15, -0.1) is 0 Å². The van der Waals surface area contributed by atoms with Crippen molar-refractivity contribution >= 4 is 22.6 Å². The van der Waals surface area contributed by atoms with Gasteiger partial charge in [-0.3, -0.25) is 4.98 Å². The molecule has 1 aromatic carbocycles. The zero-order valence-electron chi connectivity index (χ0n) is 12.8. The van der Waals surface area contributed by atoms with Crippen molar-refractivity contribution in [2.45, 2.75) is 25.4 Å². The summed E-state index contributed by atoms with van der Waals surface area (Å²) in [5.74, 6) is -0.375. The molecule has 2 heterocycles. The first-order valence-corrected chi connectivity index (χ1v) is 7.41. The van der Waals surface area contributed by atoms with Crippen LogP contribution in [-0.2, 0) is 4.74 Å². The van der Waals surface area contributed by atoms with E-state index in [4.69, 9.17) is 4.74 Å². The predicted molar refractivity (Wildman–Crippen MR) is 84.0 cm³/mol. The molecular weight excluding hydrogens is 283 g/mol. The Kier molecular flexibility index (Phi) is 3.72. The molecule has 0 aliphatic carbocycles. The molecule has 22 heavy (non-hydrogen) atoms. The van der Waals surface area contributed by atoms with Crippen LogP contribution in [-0.4, -0.2) is 36.8 Å². The zero-order chi connectivity index (χ0) is 15.7. The highest BCUT2D eigenvalue weighted by Crippen LogP contribution is 2.31. The number of pyridine rings is 1. The number of carbonyl (C=O) groups is 1. The SMILES string of the molecule is COC(=O)c1ccnc2ccc(N3CCC(C)(F)CC3)cc12. The van der Waals surface area contributed by atoms with E-state index in [1.165, 1.54) is 7.11 Å². The standard InChI is InChI=1S/C17H19FN2O2/c1-17(18)6-9-20(10-7-17)12-3-4-15-14(11-12)13(5-8-19-15)16(21)22-2/h3-5,8,11H,6-7,9-10H2,1-2H3. The van der Waals surface area contributed by atoms with Gasteiger partial charge in [-0.2, -0.15) is 0 Å². The first kappa shape index (κ1) is 14.8. The molecule has 0 spiro atoms. The van der Waals surface area contributed by atoms with Crippen LogP contribution < -0.4 is 4.90 Å². The Morgan fingerprint density at radius 1 is 1.32 bits per heavy atom. The normalized spacial score (nSPS) is 17.5. The number of rotatable bonds is 2. The number of fused-ring (bicyclic) bond motifs is 1. The van der Waals surface area contributed by atoms with Crippen LogP contribution in [0.2, 0.25) is 0 Å². The third kappa shape index (κ3) is 2.75. The third-order valence-corrected chi connectivity index (χ3v) is 4.30. The van der Waals surface area contributed by atoms with E-state index >= 15 is 0 Å². The Bertz CT molecular complexity index is 705. The molecule has 1 saturated heterocycles. The van der Waals surface area contributed by atoms with E-state index in [9.17, 15) is 9.18 Å². The van der Waals surface area contributed by atoms with Gasteiger partial charge in [0.2, 0.25) is 0 Å². The molecule has 1 aliphatic rings. The fourth-order valence-corrected chi connectivity index (χ4v) is 2.85. The molecule has 0 atom stereocenters. The molecule has 4 nitrogen and oxygen atoms in total. The molecule has 2 aromatic rings. The van der Waals surface area contributed by atoms with Crippen molar-refractivity contribution in [1.82, 2.24) is 4.98 Å². The molecule has 116 valence electrons. The van der Waals surface area contributed by atoms with Gasteiger partial charge in [0.15, 0.2) is 0 Å². The van der Waals surface area contributed by atoms with Crippen molar-refractivity contribution in [3.8, 4) is 0 Å². The number of hydrogen-bond acceptors (Lipinski definition) is 4. The summed E-state index contributed by atoms with van der Waals surface area (Å²) >= 11 is 0. The number of carbonyl (C=O) groups excluding carboxylic acids is 1. The van der Waals surface area contributed by atoms with Crippen LogP contribution in [0.4, 0.5) is 10.1 Å². The van der Waals surface area contributed by atoms with E-state index in [-0.39, 0.29) is 5.97 Å². The van der Waals surface area contributed by atoms with E-state index in [1.54, 1.807) is 19.2 Å². The number of anilines is 1. The number of esters is 1. The van der Waals surface area contributed by atoms with Crippen molar-refractivity contribution in [2.75, 3.05) is 25.1 Å². The van der Waals surface area contributed by atoms with Crippen LogP contribution >= 0.6 is 0 Å². The summed E-state index contributed by atoms with van der Waals surface area (Å²) in [7, 11) is 1.37. The van der Waals surface area contributed by atoms with Gasteiger partial charge in [0.05, 0.1) is 18.2 Å². The van der Waals surface area contributed by atoms with E-state index < -0.39 is 5.67 Å². The van der Waals surface area contributed by atoms with Gasteiger partial charge in [0.1, 0.15) is 5.67 Å². The van der Waals surface area contributed by atoms with Crippen LogP contribution in [0.5, 0.6) is 0 Å². The van der Waals surface area contributed by atoms with Gasteiger partial charge >= 0.3 is 5.97 Å². The fourth-order valence-electron chi connectivity index (χ4n) is 2.85. The largest absolute Gasteiger partial charge is 0.465 e. The topological polar surface area (TPSA) is 42.4 Å². The van der Waals surface area contributed by atoms with E-state index in [1.807, 2.05) is 18.2 Å². The van der Waals surface area contributed by atoms with Gasteiger partial charge < -0.3 is 9.64 Å². The van der Waals surface area contributed by atoms with E-state index in [0.29, 0.717) is 31.5 Å². The summed E-state index contributed by atoms with van der Waals surface area (Å²) in [6, 6.07) is 7.46. The second-order valence-corrected chi connectivity index (χ2v) is 5.95. The summed E-state index contributed by atoms with van der Waals surface area (Å²) < 4.78 is 18.8. The van der Waals surface area contributed by atoms with Gasteiger partial charge in [0.25, 0.3) is 0 Å². The van der Waals surface area contributed by atoms with Crippen LogP contribution in [0, 0.1) is 0 Å². The maximum Gasteiger partial charge on any atom is 0.338 e. The van der Waals surface area contributed by atoms with Gasteiger partial charge in [-0.1, -0.05) is 0 Å².